The Kier molecular flexibility index (Phi) is 7.81. The van der Waals surface area contributed by atoms with E-state index in [0.717, 1.165) is 49.7 Å². The van der Waals surface area contributed by atoms with Crippen molar-refractivity contribution in [1.29, 1.82) is 0 Å². The predicted molar refractivity (Wildman–Crippen MR) is 144 cm³/mol. The van der Waals surface area contributed by atoms with Crippen LogP contribution in [0.1, 0.15) is 74.3 Å². The molecule has 2 amide bonds. The highest BCUT2D eigenvalue weighted by Gasteiger charge is 2.34. The summed E-state index contributed by atoms with van der Waals surface area (Å²) in [7, 11) is 0. The molecule has 7 N–H and O–H groups in total. The fourth-order valence-corrected chi connectivity index (χ4v) is 5.19. The van der Waals surface area contributed by atoms with E-state index in [-0.39, 0.29) is 24.7 Å². The molecular weight excluding hydrogens is 502 g/mol. The molecule has 12 nitrogen and oxygen atoms in total. The number of ether oxygens (including phenoxy) is 2. The number of carbonyl (C=O) groups excluding carboxylic acids is 2. The van der Waals surface area contributed by atoms with Gasteiger partial charge in [0.05, 0.1) is 40.2 Å². The maximum atomic E-state index is 13.3. The molecule has 212 valence electrons. The maximum absolute atomic E-state index is 13.3. The number of rotatable bonds is 11. The molecule has 5 rings (SSSR count). The third-order valence-electron chi connectivity index (χ3n) is 7.32. The van der Waals surface area contributed by atoms with E-state index >= 15 is 0 Å². The van der Waals surface area contributed by atoms with Crippen LogP contribution in [0.15, 0.2) is 30.1 Å². The lowest BCUT2D eigenvalue weighted by molar-refractivity contribution is -0.117. The molecule has 3 aliphatic rings. The van der Waals surface area contributed by atoms with E-state index in [1.807, 2.05) is 16.6 Å². The Morgan fingerprint density at radius 1 is 1.21 bits per heavy atom. The number of aromatic nitrogens is 2. The quantitative estimate of drug-likeness (QED) is 0.277. The molecule has 0 radical (unpaired) electrons. The Balaban J connectivity index is 1.19. The van der Waals surface area contributed by atoms with Gasteiger partial charge in [-0.25, -0.2) is 9.94 Å². The molecule has 2 saturated carbocycles. The molecule has 2 aromatic heterocycles. The number of pyridine rings is 1. The molecule has 2 fully saturated rings. The minimum atomic E-state index is -0.950. The average molecular weight is 542 g/mol. The highest BCUT2D eigenvalue weighted by Crippen LogP contribution is 2.44. The van der Waals surface area contributed by atoms with E-state index in [0.29, 0.717) is 35.9 Å². The van der Waals surface area contributed by atoms with Crippen LogP contribution in [0, 0.1) is 0 Å². The van der Waals surface area contributed by atoms with E-state index in [1.165, 1.54) is 0 Å². The van der Waals surface area contributed by atoms with Crippen LogP contribution in [-0.2, 0) is 9.53 Å². The summed E-state index contributed by atoms with van der Waals surface area (Å²) in [6.07, 6.45) is 7.70. The second kappa shape index (κ2) is 11.1. The normalized spacial score (nSPS) is 23.6. The molecule has 3 heterocycles. The van der Waals surface area contributed by atoms with Gasteiger partial charge >= 0.3 is 0 Å². The number of nitrogens with zero attached hydrogens (tertiary/aromatic N) is 3. The van der Waals surface area contributed by atoms with Gasteiger partial charge in [0.25, 0.3) is 5.91 Å². The molecule has 39 heavy (non-hydrogen) atoms. The number of hydrazine groups is 1. The van der Waals surface area contributed by atoms with Crippen molar-refractivity contribution in [2.75, 3.05) is 19.7 Å². The Labute approximate surface area is 227 Å². The maximum Gasteiger partial charge on any atom is 0.255 e. The lowest BCUT2D eigenvalue weighted by Gasteiger charge is -2.31. The van der Waals surface area contributed by atoms with Gasteiger partial charge in [0, 0.05) is 31.2 Å². The zero-order valence-electron chi connectivity index (χ0n) is 22.6. The lowest BCUT2D eigenvalue weighted by Crippen LogP contribution is -2.45. The molecule has 1 unspecified atom stereocenters. The lowest BCUT2D eigenvalue weighted by atomic mass is 9.92. The molecule has 2 aromatic rings. The van der Waals surface area contributed by atoms with Crippen molar-refractivity contribution in [3.8, 4) is 5.75 Å². The van der Waals surface area contributed by atoms with Crippen LogP contribution < -0.4 is 26.9 Å². The highest BCUT2D eigenvalue weighted by molar-refractivity contribution is 6.01. The van der Waals surface area contributed by atoms with Crippen LogP contribution in [0.4, 0.5) is 0 Å². The third kappa shape index (κ3) is 6.35. The van der Waals surface area contributed by atoms with Gasteiger partial charge in [0.15, 0.2) is 6.23 Å². The zero-order valence-corrected chi connectivity index (χ0v) is 22.6. The summed E-state index contributed by atoms with van der Waals surface area (Å²) >= 11 is 0. The number of amides is 2. The SMILES string of the molecule is CC(C)(O)COc1ccc2c(C(=O)N[C@H]3CC[C@H](OC4NN(CCN)C=C4C(N)=O)CC3)cnn2c1C1CC1. The van der Waals surface area contributed by atoms with Crippen molar-refractivity contribution in [2.24, 2.45) is 11.5 Å². The number of hydrogen-bond donors (Lipinski definition) is 5. The van der Waals surface area contributed by atoms with Crippen LogP contribution >= 0.6 is 0 Å². The van der Waals surface area contributed by atoms with Crippen LogP contribution in [0.3, 0.4) is 0 Å². The first-order valence-corrected chi connectivity index (χ1v) is 13.7. The Bertz CT molecular complexity index is 1240. The topological polar surface area (TPSA) is 169 Å². The van der Waals surface area contributed by atoms with Crippen molar-refractivity contribution in [2.45, 2.75) is 82.3 Å². The monoisotopic (exact) mass is 541 g/mol. The summed E-state index contributed by atoms with van der Waals surface area (Å²) in [5.41, 5.74) is 15.9. The van der Waals surface area contributed by atoms with Crippen molar-refractivity contribution in [3.05, 3.63) is 41.4 Å². The van der Waals surface area contributed by atoms with Crippen molar-refractivity contribution in [1.82, 2.24) is 25.4 Å². The van der Waals surface area contributed by atoms with E-state index in [2.05, 4.69) is 15.8 Å². The van der Waals surface area contributed by atoms with Crippen LogP contribution in [0.25, 0.3) is 5.52 Å². The van der Waals surface area contributed by atoms with Gasteiger partial charge in [-0.05, 0) is 64.5 Å². The van der Waals surface area contributed by atoms with Crippen LogP contribution in [-0.4, -0.2) is 75.2 Å². The highest BCUT2D eigenvalue weighted by atomic mass is 16.5. The van der Waals surface area contributed by atoms with Gasteiger partial charge in [0.1, 0.15) is 12.4 Å². The summed E-state index contributed by atoms with van der Waals surface area (Å²) in [5.74, 6) is 0.341. The average Bonchev–Trinajstić information content (AvgIpc) is 3.50. The number of nitrogens with one attached hydrogen (secondary N) is 2. The molecule has 12 heteroatoms. The molecule has 2 aliphatic carbocycles. The molecule has 0 saturated heterocycles. The van der Waals surface area contributed by atoms with Gasteiger partial charge in [-0.1, -0.05) is 0 Å². The molecule has 0 bridgehead atoms. The minimum absolute atomic E-state index is 0.0148. The van der Waals surface area contributed by atoms with Crippen molar-refractivity contribution < 1.29 is 24.2 Å². The number of hydrogen-bond acceptors (Lipinski definition) is 9. The smallest absolute Gasteiger partial charge is 0.255 e. The predicted octanol–water partition coefficient (Wildman–Crippen LogP) is 0.893. The first-order valence-electron chi connectivity index (χ1n) is 13.7. The van der Waals surface area contributed by atoms with Crippen LogP contribution in [0.2, 0.25) is 0 Å². The van der Waals surface area contributed by atoms with Gasteiger partial charge in [-0.2, -0.15) is 5.10 Å². The van der Waals surface area contributed by atoms with E-state index in [1.54, 1.807) is 31.3 Å². The Morgan fingerprint density at radius 2 is 1.95 bits per heavy atom. The zero-order chi connectivity index (χ0) is 27.7. The molecule has 1 atom stereocenters. The summed E-state index contributed by atoms with van der Waals surface area (Å²) in [6, 6.07) is 3.74. The molecule has 0 aromatic carbocycles. The summed E-state index contributed by atoms with van der Waals surface area (Å²) in [4.78, 5) is 25.1. The van der Waals surface area contributed by atoms with Crippen molar-refractivity contribution in [3.63, 3.8) is 0 Å². The summed E-state index contributed by atoms with van der Waals surface area (Å²) in [5, 5.41) is 19.5. The summed E-state index contributed by atoms with van der Waals surface area (Å²) in [6.45, 7) is 4.54. The van der Waals surface area contributed by atoms with Gasteiger partial charge in [-0.15, -0.1) is 0 Å². The molecular formula is C27H39N7O5. The number of aliphatic hydroxyl groups is 1. The Morgan fingerprint density at radius 3 is 2.59 bits per heavy atom. The van der Waals surface area contributed by atoms with Crippen LogP contribution in [0.5, 0.6) is 5.75 Å². The first kappa shape index (κ1) is 27.4. The standard InChI is InChI=1S/C27H39N7O5/c1-27(2,37)15-38-22-10-9-21-19(13-30-34(21)23(22)16-3-4-16)25(36)31-17-5-7-18(8-6-17)39-26-20(24(29)35)14-33(32-26)12-11-28/h9-10,13-14,16-18,26,32,37H,3-8,11-12,15,28H2,1-2H3,(H2,29,35)(H,31,36)/t17-,18-,26?. The van der Waals surface area contributed by atoms with Gasteiger partial charge in [-0.3, -0.25) is 9.59 Å². The van der Waals surface area contributed by atoms with E-state index < -0.39 is 17.7 Å². The molecule has 1 aliphatic heterocycles. The summed E-state index contributed by atoms with van der Waals surface area (Å²) < 4.78 is 13.9. The van der Waals surface area contributed by atoms with E-state index in [9.17, 15) is 14.7 Å². The first-order chi connectivity index (χ1) is 18.6. The third-order valence-corrected chi connectivity index (χ3v) is 7.32. The van der Waals surface area contributed by atoms with Gasteiger partial charge < -0.3 is 36.4 Å². The number of carbonyl (C=O) groups is 2. The minimum Gasteiger partial charge on any atom is -0.489 e. The fraction of sp³-hybridized carbons (Fsp3) is 0.593. The number of fused-ring (bicyclic) bond motifs is 1. The second-order valence-corrected chi connectivity index (χ2v) is 11.3. The van der Waals surface area contributed by atoms with Crippen molar-refractivity contribution >= 4 is 17.3 Å². The second-order valence-electron chi connectivity index (χ2n) is 11.3. The van der Waals surface area contributed by atoms with E-state index in [4.69, 9.17) is 20.9 Å². The van der Waals surface area contributed by atoms with Gasteiger partial charge in [0.2, 0.25) is 5.91 Å². The Hall–Kier alpha value is -3.19. The largest absolute Gasteiger partial charge is 0.489 e. The number of primary amides is 1. The molecule has 0 spiro atoms. The number of nitrogens with two attached hydrogens (primary N) is 2. The fourth-order valence-electron chi connectivity index (χ4n) is 5.19.